The van der Waals surface area contributed by atoms with E-state index in [0.717, 1.165) is 7.35 Å². The van der Waals surface area contributed by atoms with Crippen molar-refractivity contribution in [2.45, 2.75) is 187 Å². The molecule has 0 bridgehead atoms. The third-order valence-corrected chi connectivity index (χ3v) is 40.2. The minimum absolute atomic E-state index is 0. The van der Waals surface area contributed by atoms with Crippen molar-refractivity contribution < 1.29 is 44.8 Å². The summed E-state index contributed by atoms with van der Waals surface area (Å²) in [6.07, 6.45) is 11.2. The first-order valence-electron chi connectivity index (χ1n) is 24.1. The third kappa shape index (κ3) is 8.79. The standard InChI is InChI=1S/2C27H35.C6H10.2ClH.Hf/c2*1-25(2,3)20-14-19(15-21(16-20)26(4,5)6)23-12-10-11-18-13-22(17-24(18)23)27(7,8)9;1-2-4-6-5-3-1;;;/h2*10-17H,1-9H3;1-2H,3-6H2;2*1H;/q;;;;;+2/p-2. The summed E-state index contributed by atoms with van der Waals surface area (Å²) in [4.78, 5) is 0. The Kier molecular flexibility index (Phi) is 13.2. The van der Waals surface area contributed by atoms with Gasteiger partial charge in [0.2, 0.25) is 0 Å². The Morgan fingerprint density at radius 1 is 0.397 bits per heavy atom. The Labute approximate surface area is 402 Å². The Balaban J connectivity index is 0.00000330. The third-order valence-electron chi connectivity index (χ3n) is 15.7. The van der Waals surface area contributed by atoms with Crippen molar-refractivity contribution in [1.82, 2.24) is 0 Å². The number of hydrogen-bond donors (Lipinski definition) is 0. The molecular weight excluding hydrogens is 970 g/mol. The van der Waals surface area contributed by atoms with Gasteiger partial charge in [0.05, 0.1) is 0 Å². The molecule has 338 valence electrons. The van der Waals surface area contributed by atoms with Crippen molar-refractivity contribution in [3.8, 4) is 22.3 Å². The van der Waals surface area contributed by atoms with Crippen LogP contribution in [0.25, 0.3) is 34.4 Å². The van der Waals surface area contributed by atoms with E-state index in [-0.39, 0.29) is 57.3 Å². The fourth-order valence-corrected chi connectivity index (χ4v) is 49.0. The van der Waals surface area contributed by atoms with E-state index in [4.69, 9.17) is 0 Å². The second kappa shape index (κ2) is 16.5. The maximum absolute atomic E-state index is 3.56. The normalized spacial score (nSPS) is 22.4. The summed E-state index contributed by atoms with van der Waals surface area (Å²) in [5, 5.41) is 0. The van der Waals surface area contributed by atoms with Crippen LogP contribution < -0.4 is 24.8 Å². The molecule has 1 saturated carbocycles. The Bertz CT molecular complexity index is 2210. The number of rotatable bonds is 4. The van der Waals surface area contributed by atoms with E-state index < -0.39 is 20.0 Å². The van der Waals surface area contributed by atoms with Crippen LogP contribution in [0.5, 0.6) is 0 Å². The largest absolute Gasteiger partial charge is 1.00 e. The summed E-state index contributed by atoms with van der Waals surface area (Å²) in [6, 6.07) is 30.2. The minimum atomic E-state index is -3.56. The van der Waals surface area contributed by atoms with Crippen LogP contribution in [0.15, 0.2) is 83.9 Å². The molecule has 4 aromatic carbocycles. The van der Waals surface area contributed by atoms with Crippen LogP contribution in [0.4, 0.5) is 0 Å². The van der Waals surface area contributed by atoms with E-state index in [1.54, 1.807) is 22.3 Å². The van der Waals surface area contributed by atoms with Crippen LogP contribution in [0.1, 0.15) is 202 Å². The van der Waals surface area contributed by atoms with Crippen LogP contribution >= 0.6 is 0 Å². The molecule has 0 amide bonds. The maximum atomic E-state index is 2.76. The van der Waals surface area contributed by atoms with E-state index in [0.29, 0.717) is 7.35 Å². The summed E-state index contributed by atoms with van der Waals surface area (Å²) in [5.41, 5.74) is 21.8. The minimum Gasteiger partial charge on any atom is -1.00 e. The van der Waals surface area contributed by atoms with Crippen molar-refractivity contribution in [3.63, 3.8) is 0 Å². The molecule has 3 heteroatoms. The first kappa shape index (κ1) is 50.2. The Morgan fingerprint density at radius 2 is 0.698 bits per heavy atom. The van der Waals surface area contributed by atoms with Crippen LogP contribution in [-0.4, -0.2) is 0 Å². The van der Waals surface area contributed by atoms with Crippen LogP contribution in [-0.2, 0) is 41.6 Å². The zero-order valence-electron chi connectivity index (χ0n) is 42.5. The average Bonchev–Trinajstić information content (AvgIpc) is 3.40. The second-order valence-electron chi connectivity index (χ2n) is 26.3. The Hall–Kier alpha value is -2.19. The molecular formula is C60H80Cl2Hf. The zero-order valence-corrected chi connectivity index (χ0v) is 47.6. The molecule has 0 nitrogen and oxygen atoms in total. The van der Waals surface area contributed by atoms with Crippen LogP contribution in [0, 0.1) is 10.8 Å². The van der Waals surface area contributed by atoms with Gasteiger partial charge in [-0.1, -0.05) is 0 Å². The van der Waals surface area contributed by atoms with Gasteiger partial charge < -0.3 is 24.8 Å². The first-order chi connectivity index (χ1) is 28.0. The van der Waals surface area contributed by atoms with E-state index >= 15 is 0 Å². The van der Waals surface area contributed by atoms with Gasteiger partial charge in [-0.15, -0.1) is 0 Å². The molecule has 4 aliphatic rings. The zero-order chi connectivity index (χ0) is 44.6. The predicted octanol–water partition coefficient (Wildman–Crippen LogP) is 12.2. The van der Waals surface area contributed by atoms with Gasteiger partial charge in [-0.25, -0.2) is 0 Å². The summed E-state index contributed by atoms with van der Waals surface area (Å²) in [6.45, 7) is 43.8. The van der Waals surface area contributed by atoms with Gasteiger partial charge in [0, 0.05) is 0 Å². The molecule has 1 aliphatic heterocycles. The van der Waals surface area contributed by atoms with E-state index in [1.807, 2.05) is 0 Å². The van der Waals surface area contributed by atoms with Crippen molar-refractivity contribution in [2.24, 2.45) is 10.8 Å². The van der Waals surface area contributed by atoms with Crippen molar-refractivity contribution in [3.05, 3.63) is 128 Å². The first-order valence-corrected chi connectivity index (χ1v) is 32.4. The van der Waals surface area contributed by atoms with Gasteiger partial charge in [-0.05, 0) is 0 Å². The molecule has 0 N–H and O–H groups in total. The number of hydrogen-bond acceptors (Lipinski definition) is 0. The van der Waals surface area contributed by atoms with Crippen molar-refractivity contribution in [2.75, 3.05) is 0 Å². The van der Waals surface area contributed by atoms with Gasteiger partial charge in [0.25, 0.3) is 0 Å². The fraction of sp³-hybridized carbons (Fsp3) is 0.533. The molecule has 63 heavy (non-hydrogen) atoms. The maximum Gasteiger partial charge on any atom is -1.00 e. The molecule has 1 saturated heterocycles. The smallest absolute Gasteiger partial charge is 1.00 e. The van der Waals surface area contributed by atoms with Crippen molar-refractivity contribution >= 4 is 12.2 Å². The van der Waals surface area contributed by atoms with Crippen molar-refractivity contribution in [1.29, 1.82) is 0 Å². The molecule has 8 rings (SSSR count). The van der Waals surface area contributed by atoms with E-state index in [1.165, 1.54) is 81.3 Å². The summed E-state index contributed by atoms with van der Waals surface area (Å²) < 4.78 is 3.05. The molecule has 0 spiro atoms. The molecule has 2 fully saturated rings. The van der Waals surface area contributed by atoms with Gasteiger partial charge >= 0.3 is 380 Å². The average molecular weight is 1050 g/mol. The quantitative estimate of drug-likeness (QED) is 0.179. The van der Waals surface area contributed by atoms with E-state index in [9.17, 15) is 0 Å². The Morgan fingerprint density at radius 3 is 0.968 bits per heavy atom. The van der Waals surface area contributed by atoms with Crippen LogP contribution in [0.2, 0.25) is 7.35 Å². The van der Waals surface area contributed by atoms with Gasteiger partial charge in [0.1, 0.15) is 0 Å². The number of benzene rings is 4. The molecule has 1 heterocycles. The fourth-order valence-electron chi connectivity index (χ4n) is 12.2. The molecule has 4 atom stereocenters. The number of halogens is 2. The second-order valence-corrected chi connectivity index (χ2v) is 42.9. The van der Waals surface area contributed by atoms with Gasteiger partial charge in [0.15, 0.2) is 0 Å². The molecule has 0 radical (unpaired) electrons. The molecule has 4 aromatic rings. The number of fused-ring (bicyclic) bond motifs is 3. The SMILES string of the molecule is CC(C)(C)C1=Cc2c(-c3cc(C(C)(C)C)cc(C(C)(C)C)c3)cccc2[CH]1[Hf+2]1([CH]2C(C(C)(C)C)=Cc3c(-c4cc(C(C)(C)C)cc(C(C)(C)C)c4)cccc32)[CH]2CCCC[CH]21.[Cl-].[Cl-]. The summed E-state index contributed by atoms with van der Waals surface area (Å²) in [7, 11) is 0. The number of allylic oxidation sites excluding steroid dienone is 2. The monoisotopic (exact) mass is 1050 g/mol. The summed E-state index contributed by atoms with van der Waals surface area (Å²) in [5.74, 6) is 0. The topological polar surface area (TPSA) is 0 Å². The van der Waals surface area contributed by atoms with Crippen LogP contribution in [0.3, 0.4) is 0 Å². The molecule has 3 aliphatic carbocycles. The molecule has 0 aromatic heterocycles. The van der Waals surface area contributed by atoms with Gasteiger partial charge in [-0.3, -0.25) is 0 Å². The van der Waals surface area contributed by atoms with Gasteiger partial charge in [-0.2, -0.15) is 0 Å². The summed E-state index contributed by atoms with van der Waals surface area (Å²) >= 11 is -3.56. The molecule has 4 unspecified atom stereocenters. The van der Waals surface area contributed by atoms with E-state index in [2.05, 4.69) is 210 Å². The predicted molar refractivity (Wildman–Crippen MR) is 265 cm³/mol.